The van der Waals surface area contributed by atoms with Gasteiger partial charge in [0.1, 0.15) is 5.69 Å². The van der Waals surface area contributed by atoms with Crippen LogP contribution in [0, 0.1) is 20.8 Å². The molecule has 4 heterocycles. The van der Waals surface area contributed by atoms with E-state index in [4.69, 9.17) is 9.62 Å². The lowest BCUT2D eigenvalue weighted by Gasteiger charge is -2.35. The molecule has 28 heavy (non-hydrogen) atoms. The first-order chi connectivity index (χ1) is 13.5. The zero-order valence-electron chi connectivity index (χ0n) is 16.6. The van der Waals surface area contributed by atoms with Gasteiger partial charge in [0.25, 0.3) is 5.91 Å². The molecular formula is C20H24N6O2. The molecule has 0 aromatic carbocycles. The van der Waals surface area contributed by atoms with Crippen molar-refractivity contribution in [2.75, 3.05) is 6.54 Å². The Kier molecular flexibility index (Phi) is 4.70. The van der Waals surface area contributed by atoms with Gasteiger partial charge in [0.15, 0.2) is 5.76 Å². The Balaban J connectivity index is 1.74. The largest absolute Gasteiger partial charge is 0.356 e. The van der Waals surface area contributed by atoms with Crippen LogP contribution in [0.3, 0.4) is 0 Å². The molecule has 0 spiro atoms. The third-order valence-electron chi connectivity index (χ3n) is 5.34. The Morgan fingerprint density at radius 2 is 2.00 bits per heavy atom. The third kappa shape index (κ3) is 3.19. The zero-order chi connectivity index (χ0) is 19.8. The van der Waals surface area contributed by atoms with Crippen molar-refractivity contribution in [2.45, 2.75) is 46.1 Å². The number of amides is 1. The number of carbonyl (C=O) groups excluding carboxylic acids is 1. The minimum Gasteiger partial charge on any atom is -0.356 e. The molecule has 1 aliphatic rings. The van der Waals surface area contributed by atoms with Crippen molar-refractivity contribution in [1.29, 1.82) is 0 Å². The van der Waals surface area contributed by atoms with Gasteiger partial charge in [-0.2, -0.15) is 5.10 Å². The van der Waals surface area contributed by atoms with Crippen molar-refractivity contribution in [3.8, 4) is 11.3 Å². The minimum atomic E-state index is -0.134. The summed E-state index contributed by atoms with van der Waals surface area (Å²) >= 11 is 0. The number of piperidine rings is 1. The molecule has 0 N–H and O–H groups in total. The van der Waals surface area contributed by atoms with E-state index in [-0.39, 0.29) is 11.9 Å². The summed E-state index contributed by atoms with van der Waals surface area (Å²) in [5.74, 6) is 0.605. The average molecular weight is 380 g/mol. The van der Waals surface area contributed by atoms with Gasteiger partial charge in [-0.1, -0.05) is 5.16 Å². The standard InChI is InChI=1S/C20H24N6O2/c1-12-9-22-16(10-21-12)20(27)26-8-6-5-7-17(26)18-15(11-25(4)23-18)19-13(2)14(3)24-28-19/h9-11,17H,5-8H2,1-4H3/t17-/m0/s1. The van der Waals surface area contributed by atoms with Crippen LogP contribution in [0.4, 0.5) is 0 Å². The molecule has 1 fully saturated rings. The van der Waals surface area contributed by atoms with E-state index in [9.17, 15) is 4.79 Å². The Labute approximate surface area is 163 Å². The van der Waals surface area contributed by atoms with E-state index in [1.54, 1.807) is 17.1 Å². The molecular weight excluding hydrogens is 356 g/mol. The molecule has 3 aromatic rings. The van der Waals surface area contributed by atoms with Crippen LogP contribution >= 0.6 is 0 Å². The fraction of sp³-hybridized carbons (Fsp3) is 0.450. The maximum absolute atomic E-state index is 13.2. The lowest BCUT2D eigenvalue weighted by atomic mass is 9.95. The molecule has 3 aromatic heterocycles. The monoisotopic (exact) mass is 380 g/mol. The molecule has 8 heteroatoms. The highest BCUT2D eigenvalue weighted by molar-refractivity contribution is 5.92. The predicted molar refractivity (Wildman–Crippen MR) is 103 cm³/mol. The summed E-state index contributed by atoms with van der Waals surface area (Å²) in [7, 11) is 1.88. The van der Waals surface area contributed by atoms with Crippen LogP contribution in [-0.4, -0.2) is 42.3 Å². The Hall–Kier alpha value is -3.03. The number of hydrogen-bond donors (Lipinski definition) is 0. The van der Waals surface area contributed by atoms with Crippen molar-refractivity contribution < 1.29 is 9.32 Å². The van der Waals surface area contributed by atoms with Crippen LogP contribution in [-0.2, 0) is 7.05 Å². The van der Waals surface area contributed by atoms with E-state index in [2.05, 4.69) is 15.1 Å². The summed E-state index contributed by atoms with van der Waals surface area (Å²) in [4.78, 5) is 23.5. The first-order valence-electron chi connectivity index (χ1n) is 9.52. The van der Waals surface area contributed by atoms with Crippen LogP contribution in [0.5, 0.6) is 0 Å². The molecule has 0 saturated carbocycles. The van der Waals surface area contributed by atoms with Gasteiger partial charge in [0, 0.05) is 31.5 Å². The number of nitrogens with zero attached hydrogens (tertiary/aromatic N) is 6. The van der Waals surface area contributed by atoms with Gasteiger partial charge in [-0.05, 0) is 40.0 Å². The van der Waals surface area contributed by atoms with E-state index in [0.717, 1.165) is 47.5 Å². The molecule has 0 bridgehead atoms. The van der Waals surface area contributed by atoms with E-state index >= 15 is 0 Å². The molecule has 1 amide bonds. The van der Waals surface area contributed by atoms with Gasteiger partial charge in [-0.15, -0.1) is 0 Å². The Morgan fingerprint density at radius 1 is 1.18 bits per heavy atom. The van der Waals surface area contributed by atoms with Crippen molar-refractivity contribution in [1.82, 2.24) is 29.8 Å². The van der Waals surface area contributed by atoms with E-state index in [0.29, 0.717) is 18.0 Å². The lowest BCUT2D eigenvalue weighted by Crippen LogP contribution is -2.39. The third-order valence-corrected chi connectivity index (χ3v) is 5.34. The van der Waals surface area contributed by atoms with Crippen LogP contribution in [0.2, 0.25) is 0 Å². The number of carbonyl (C=O) groups is 1. The summed E-state index contributed by atoms with van der Waals surface area (Å²) in [5.41, 5.74) is 4.73. The zero-order valence-corrected chi connectivity index (χ0v) is 16.6. The number of aryl methyl sites for hydroxylation is 3. The maximum atomic E-state index is 13.2. The second-order valence-electron chi connectivity index (χ2n) is 7.38. The minimum absolute atomic E-state index is 0.112. The fourth-order valence-corrected chi connectivity index (χ4v) is 3.70. The molecule has 4 rings (SSSR count). The normalized spacial score (nSPS) is 17.1. The molecule has 0 aliphatic carbocycles. The van der Waals surface area contributed by atoms with Gasteiger partial charge >= 0.3 is 0 Å². The van der Waals surface area contributed by atoms with Crippen molar-refractivity contribution in [2.24, 2.45) is 7.05 Å². The Morgan fingerprint density at radius 3 is 2.68 bits per heavy atom. The average Bonchev–Trinajstić information content (AvgIpc) is 3.24. The van der Waals surface area contributed by atoms with Crippen LogP contribution < -0.4 is 0 Å². The highest BCUT2D eigenvalue weighted by Crippen LogP contribution is 2.38. The highest BCUT2D eigenvalue weighted by atomic mass is 16.5. The van der Waals surface area contributed by atoms with Gasteiger partial charge in [0.05, 0.1) is 34.9 Å². The summed E-state index contributed by atoms with van der Waals surface area (Å²) in [6, 6.07) is -0.134. The number of likely N-dealkylation sites (tertiary alicyclic amines) is 1. The van der Waals surface area contributed by atoms with Gasteiger partial charge in [-0.3, -0.25) is 14.5 Å². The quantitative estimate of drug-likeness (QED) is 0.693. The maximum Gasteiger partial charge on any atom is 0.274 e. The summed E-state index contributed by atoms with van der Waals surface area (Å²) in [5, 5.41) is 8.79. The highest BCUT2D eigenvalue weighted by Gasteiger charge is 2.34. The second kappa shape index (κ2) is 7.18. The van der Waals surface area contributed by atoms with Crippen molar-refractivity contribution >= 4 is 5.91 Å². The smallest absolute Gasteiger partial charge is 0.274 e. The van der Waals surface area contributed by atoms with Crippen LogP contribution in [0.25, 0.3) is 11.3 Å². The van der Waals surface area contributed by atoms with Gasteiger partial charge in [0.2, 0.25) is 0 Å². The molecule has 1 saturated heterocycles. The fourth-order valence-electron chi connectivity index (χ4n) is 3.70. The van der Waals surface area contributed by atoms with Gasteiger partial charge < -0.3 is 9.42 Å². The van der Waals surface area contributed by atoms with Gasteiger partial charge in [-0.25, -0.2) is 4.98 Å². The molecule has 146 valence electrons. The lowest BCUT2D eigenvalue weighted by molar-refractivity contribution is 0.0599. The van der Waals surface area contributed by atoms with Crippen molar-refractivity contribution in [3.63, 3.8) is 0 Å². The second-order valence-corrected chi connectivity index (χ2v) is 7.38. The summed E-state index contributed by atoms with van der Waals surface area (Å²) in [6.07, 6.45) is 7.96. The topological polar surface area (TPSA) is 89.9 Å². The molecule has 0 unspecified atom stereocenters. The van der Waals surface area contributed by atoms with Crippen molar-refractivity contribution in [3.05, 3.63) is 46.9 Å². The Bertz CT molecular complexity index is 1000. The summed E-state index contributed by atoms with van der Waals surface area (Å²) < 4.78 is 7.36. The van der Waals surface area contributed by atoms with E-state index in [1.807, 2.05) is 38.9 Å². The van der Waals surface area contributed by atoms with Crippen LogP contribution in [0.15, 0.2) is 23.1 Å². The first-order valence-corrected chi connectivity index (χ1v) is 9.52. The van der Waals surface area contributed by atoms with E-state index in [1.165, 1.54) is 0 Å². The number of aromatic nitrogens is 5. The summed E-state index contributed by atoms with van der Waals surface area (Å²) in [6.45, 7) is 6.44. The molecule has 1 aliphatic heterocycles. The predicted octanol–water partition coefficient (Wildman–Crippen LogP) is 3.16. The van der Waals surface area contributed by atoms with E-state index < -0.39 is 0 Å². The first kappa shape index (κ1) is 18.3. The molecule has 1 atom stereocenters. The number of hydrogen-bond acceptors (Lipinski definition) is 6. The number of rotatable bonds is 3. The van der Waals surface area contributed by atoms with Crippen LogP contribution in [0.1, 0.15) is 58.4 Å². The molecule has 8 nitrogen and oxygen atoms in total. The SMILES string of the molecule is Cc1cnc(C(=O)N2CCCC[C@H]2c2nn(C)cc2-c2onc(C)c2C)cn1. The molecule has 0 radical (unpaired) electrons.